The Morgan fingerprint density at radius 1 is 1.16 bits per heavy atom. The van der Waals surface area contributed by atoms with E-state index in [4.69, 9.17) is 4.74 Å². The van der Waals surface area contributed by atoms with E-state index in [1.165, 1.54) is 23.9 Å². The van der Waals surface area contributed by atoms with Gasteiger partial charge in [0.15, 0.2) is 17.1 Å². The maximum atomic E-state index is 13.2. The van der Waals surface area contributed by atoms with Gasteiger partial charge in [0, 0.05) is 17.1 Å². The van der Waals surface area contributed by atoms with E-state index in [0.29, 0.717) is 29.2 Å². The van der Waals surface area contributed by atoms with Crippen molar-refractivity contribution >= 4 is 35.1 Å². The van der Waals surface area contributed by atoms with Crippen molar-refractivity contribution in [2.24, 2.45) is 5.92 Å². The highest BCUT2D eigenvalue weighted by Gasteiger charge is 2.21. The van der Waals surface area contributed by atoms with E-state index < -0.39 is 0 Å². The number of anilines is 1. The third-order valence-electron chi connectivity index (χ3n) is 4.47. The van der Waals surface area contributed by atoms with Gasteiger partial charge in [-0.05, 0) is 61.6 Å². The minimum absolute atomic E-state index is 0.107. The van der Waals surface area contributed by atoms with Crippen molar-refractivity contribution in [1.82, 2.24) is 14.8 Å². The third kappa shape index (κ3) is 6.74. The first-order valence-corrected chi connectivity index (χ1v) is 12.5. The van der Waals surface area contributed by atoms with Crippen LogP contribution in [-0.2, 0) is 11.3 Å². The summed E-state index contributed by atoms with van der Waals surface area (Å²) in [6, 6.07) is 13.6. The average molecular weight is 475 g/mol. The standard InChI is InChI=1S/C23H27FN4O2S2/c1-15(2)13-28-22(16(3)30-19-10-8-17(24)9-11-19)26-27-23(28)32-14-21(29)25-18-6-5-7-20(12-18)31-4/h5-12,15-16H,13-14H2,1-4H3,(H,25,29). The number of benzene rings is 2. The second-order valence-electron chi connectivity index (χ2n) is 7.63. The molecule has 9 heteroatoms. The topological polar surface area (TPSA) is 69.0 Å². The first kappa shape index (κ1) is 24.1. The van der Waals surface area contributed by atoms with Crippen LogP contribution in [0, 0.1) is 11.7 Å². The van der Waals surface area contributed by atoms with Crippen LogP contribution in [0.2, 0.25) is 0 Å². The quantitative estimate of drug-likeness (QED) is 0.382. The zero-order valence-electron chi connectivity index (χ0n) is 18.5. The summed E-state index contributed by atoms with van der Waals surface area (Å²) in [5.41, 5.74) is 0.771. The summed E-state index contributed by atoms with van der Waals surface area (Å²) in [4.78, 5) is 13.6. The Bertz CT molecular complexity index is 1040. The summed E-state index contributed by atoms with van der Waals surface area (Å²) < 4.78 is 21.1. The number of nitrogens with one attached hydrogen (secondary N) is 1. The van der Waals surface area contributed by atoms with Crippen molar-refractivity contribution < 1.29 is 13.9 Å². The van der Waals surface area contributed by atoms with Crippen LogP contribution in [0.5, 0.6) is 5.75 Å². The minimum Gasteiger partial charge on any atom is -0.483 e. The zero-order chi connectivity index (χ0) is 23.1. The maximum absolute atomic E-state index is 13.2. The number of hydrogen-bond acceptors (Lipinski definition) is 6. The van der Waals surface area contributed by atoms with Gasteiger partial charge in [0.05, 0.1) is 5.75 Å². The van der Waals surface area contributed by atoms with Gasteiger partial charge in [0.25, 0.3) is 0 Å². The van der Waals surface area contributed by atoms with Crippen LogP contribution in [0.3, 0.4) is 0 Å². The highest BCUT2D eigenvalue weighted by atomic mass is 32.2. The van der Waals surface area contributed by atoms with Crippen LogP contribution < -0.4 is 10.1 Å². The number of aromatic nitrogens is 3. The Hall–Kier alpha value is -2.52. The summed E-state index contributed by atoms with van der Waals surface area (Å²) in [6.45, 7) is 6.79. The lowest BCUT2D eigenvalue weighted by molar-refractivity contribution is -0.113. The smallest absolute Gasteiger partial charge is 0.234 e. The van der Waals surface area contributed by atoms with E-state index in [2.05, 4.69) is 29.4 Å². The van der Waals surface area contributed by atoms with E-state index in [1.54, 1.807) is 23.9 Å². The van der Waals surface area contributed by atoms with Gasteiger partial charge >= 0.3 is 0 Å². The van der Waals surface area contributed by atoms with Gasteiger partial charge in [-0.1, -0.05) is 31.7 Å². The predicted octanol–water partition coefficient (Wildman–Crippen LogP) is 5.67. The Kier molecular flexibility index (Phi) is 8.58. The zero-order valence-corrected chi connectivity index (χ0v) is 20.2. The second kappa shape index (κ2) is 11.4. The van der Waals surface area contributed by atoms with Crippen molar-refractivity contribution in [1.29, 1.82) is 0 Å². The fourth-order valence-electron chi connectivity index (χ4n) is 3.04. The summed E-state index contributed by atoms with van der Waals surface area (Å²) in [5, 5.41) is 12.2. The molecular formula is C23H27FN4O2S2. The molecule has 0 bridgehead atoms. The summed E-state index contributed by atoms with van der Waals surface area (Å²) in [7, 11) is 0. The molecule has 0 fully saturated rings. The molecule has 1 N–H and O–H groups in total. The lowest BCUT2D eigenvalue weighted by Crippen LogP contribution is -2.17. The summed E-state index contributed by atoms with van der Waals surface area (Å²) in [5.74, 6) is 1.37. The van der Waals surface area contributed by atoms with Crippen LogP contribution >= 0.6 is 23.5 Å². The van der Waals surface area contributed by atoms with Gasteiger partial charge in [0.2, 0.25) is 5.91 Å². The molecule has 0 saturated heterocycles. The molecule has 3 rings (SSSR count). The molecule has 2 aromatic carbocycles. The highest BCUT2D eigenvalue weighted by Crippen LogP contribution is 2.26. The molecule has 0 aliphatic rings. The number of halogens is 1. The molecule has 1 atom stereocenters. The Balaban J connectivity index is 1.68. The number of hydrogen-bond donors (Lipinski definition) is 1. The van der Waals surface area contributed by atoms with Gasteiger partial charge in [-0.25, -0.2) is 4.39 Å². The van der Waals surface area contributed by atoms with Gasteiger partial charge in [-0.15, -0.1) is 22.0 Å². The number of amides is 1. The van der Waals surface area contributed by atoms with Crippen LogP contribution in [0.25, 0.3) is 0 Å². The van der Waals surface area contributed by atoms with E-state index in [1.807, 2.05) is 42.0 Å². The second-order valence-corrected chi connectivity index (χ2v) is 9.45. The molecule has 0 radical (unpaired) electrons. The molecule has 1 heterocycles. The summed E-state index contributed by atoms with van der Waals surface area (Å²) >= 11 is 2.97. The molecule has 170 valence electrons. The average Bonchev–Trinajstić information content (AvgIpc) is 3.16. The molecule has 0 aliphatic carbocycles. The molecule has 0 saturated carbocycles. The fraction of sp³-hybridized carbons (Fsp3) is 0.348. The van der Waals surface area contributed by atoms with Crippen molar-refractivity contribution in [3.8, 4) is 5.75 Å². The number of thioether (sulfide) groups is 2. The van der Waals surface area contributed by atoms with Crippen molar-refractivity contribution in [3.05, 3.63) is 60.2 Å². The van der Waals surface area contributed by atoms with Crippen LogP contribution in [0.1, 0.15) is 32.7 Å². The van der Waals surface area contributed by atoms with Gasteiger partial charge in [0.1, 0.15) is 11.6 Å². The number of rotatable bonds is 10. The molecule has 1 aromatic heterocycles. The van der Waals surface area contributed by atoms with Crippen LogP contribution in [0.4, 0.5) is 10.1 Å². The Morgan fingerprint density at radius 2 is 1.91 bits per heavy atom. The Morgan fingerprint density at radius 3 is 2.59 bits per heavy atom. The largest absolute Gasteiger partial charge is 0.483 e. The van der Waals surface area contributed by atoms with Gasteiger partial charge < -0.3 is 14.6 Å². The monoisotopic (exact) mass is 474 g/mol. The minimum atomic E-state index is -0.385. The molecule has 3 aromatic rings. The van der Waals surface area contributed by atoms with E-state index in [9.17, 15) is 9.18 Å². The third-order valence-corrected chi connectivity index (χ3v) is 6.16. The van der Waals surface area contributed by atoms with Gasteiger partial charge in [-0.2, -0.15) is 0 Å². The highest BCUT2D eigenvalue weighted by molar-refractivity contribution is 7.99. The fourth-order valence-corrected chi connectivity index (χ4v) is 4.26. The normalized spacial score (nSPS) is 12.1. The first-order chi connectivity index (χ1) is 15.4. The lowest BCUT2D eigenvalue weighted by atomic mass is 10.2. The number of carbonyl (C=O) groups excluding carboxylic acids is 1. The number of nitrogens with zero attached hydrogens (tertiary/aromatic N) is 3. The van der Waals surface area contributed by atoms with E-state index in [0.717, 1.165) is 10.6 Å². The number of carbonyl (C=O) groups is 1. The molecule has 0 spiro atoms. The molecule has 6 nitrogen and oxygen atoms in total. The molecule has 0 aliphatic heterocycles. The van der Waals surface area contributed by atoms with E-state index >= 15 is 0 Å². The SMILES string of the molecule is CSc1cccc(NC(=O)CSc2nnc(C(C)Oc3ccc(F)cc3)n2CC(C)C)c1. The molecular weight excluding hydrogens is 447 g/mol. The van der Waals surface area contributed by atoms with Crippen molar-refractivity contribution in [3.63, 3.8) is 0 Å². The lowest BCUT2D eigenvalue weighted by Gasteiger charge is -2.17. The predicted molar refractivity (Wildman–Crippen MR) is 128 cm³/mol. The molecule has 1 unspecified atom stereocenters. The maximum Gasteiger partial charge on any atom is 0.234 e. The van der Waals surface area contributed by atoms with E-state index in [-0.39, 0.29) is 23.6 Å². The van der Waals surface area contributed by atoms with Crippen LogP contribution in [-0.4, -0.2) is 32.7 Å². The van der Waals surface area contributed by atoms with Crippen molar-refractivity contribution in [2.45, 2.75) is 43.5 Å². The summed E-state index contributed by atoms with van der Waals surface area (Å²) in [6.07, 6.45) is 1.61. The molecule has 1 amide bonds. The first-order valence-electron chi connectivity index (χ1n) is 10.3. The molecule has 32 heavy (non-hydrogen) atoms. The number of ether oxygens (including phenoxy) is 1. The van der Waals surface area contributed by atoms with Crippen LogP contribution in [0.15, 0.2) is 58.6 Å². The van der Waals surface area contributed by atoms with Gasteiger partial charge in [-0.3, -0.25) is 4.79 Å². The van der Waals surface area contributed by atoms with Crippen molar-refractivity contribution in [2.75, 3.05) is 17.3 Å². The Labute approximate surface area is 196 Å².